The van der Waals surface area contributed by atoms with Gasteiger partial charge in [0, 0.05) is 19.0 Å². The van der Waals surface area contributed by atoms with E-state index < -0.39 is 0 Å². The van der Waals surface area contributed by atoms with Crippen LogP contribution in [0, 0.1) is 5.41 Å². The van der Waals surface area contributed by atoms with Gasteiger partial charge in [-0.05, 0) is 98.4 Å². The zero-order chi connectivity index (χ0) is 32.1. The molecule has 4 rings (SSSR count). The van der Waals surface area contributed by atoms with Crippen LogP contribution in [0.5, 0.6) is 0 Å². The molecule has 0 amide bonds. The molecule has 0 aliphatic carbocycles. The van der Waals surface area contributed by atoms with Crippen LogP contribution in [0.1, 0.15) is 56.9 Å². The molecule has 2 nitrogen and oxygen atoms in total. The van der Waals surface area contributed by atoms with Gasteiger partial charge in [-0.25, -0.2) is 0 Å². The first kappa shape index (κ1) is 33.1. The monoisotopic (exact) mass is 590 g/mol. The number of benzene rings is 3. The van der Waals surface area contributed by atoms with E-state index in [2.05, 4.69) is 129 Å². The van der Waals surface area contributed by atoms with Crippen molar-refractivity contribution in [1.29, 1.82) is 0 Å². The van der Waals surface area contributed by atoms with Crippen LogP contribution in [0.25, 0.3) is 28.5 Å². The molecule has 0 radical (unpaired) electrons. The fourth-order valence-corrected chi connectivity index (χ4v) is 5.14. The Morgan fingerprint density at radius 3 is 2.33 bits per heavy atom. The van der Waals surface area contributed by atoms with Crippen LogP contribution in [0.2, 0.25) is 0 Å². The highest BCUT2D eigenvalue weighted by molar-refractivity contribution is 5.88. The summed E-state index contributed by atoms with van der Waals surface area (Å²) in [4.78, 5) is 8.92. The van der Waals surface area contributed by atoms with Gasteiger partial charge in [0.1, 0.15) is 0 Å². The van der Waals surface area contributed by atoms with Gasteiger partial charge in [0.05, 0.1) is 5.69 Å². The lowest BCUT2D eigenvalue weighted by molar-refractivity contribution is 0.525. The quantitative estimate of drug-likeness (QED) is 0.0659. The topological polar surface area (TPSA) is 25.2 Å². The fraction of sp³-hybridized carbons (Fsp3) is 0.209. The molecule has 45 heavy (non-hydrogen) atoms. The molecular formula is C43H46N2. The average Bonchev–Trinajstić information content (AvgIpc) is 3.05. The van der Waals surface area contributed by atoms with Crippen LogP contribution in [-0.2, 0) is 6.42 Å². The number of rotatable bonds is 13. The molecule has 0 unspecified atom stereocenters. The third kappa shape index (κ3) is 9.58. The molecular weight excluding hydrogens is 544 g/mol. The van der Waals surface area contributed by atoms with Crippen LogP contribution in [0.15, 0.2) is 145 Å². The maximum absolute atomic E-state index is 4.48. The molecule has 0 atom stereocenters. The minimum atomic E-state index is 0.00621. The summed E-state index contributed by atoms with van der Waals surface area (Å²) in [5.41, 5.74) is 6.92. The number of pyridine rings is 1. The Labute approximate surface area is 270 Å². The molecule has 0 aliphatic rings. The first-order valence-electron chi connectivity index (χ1n) is 15.8. The largest absolute Gasteiger partial charge is 0.292 e. The summed E-state index contributed by atoms with van der Waals surface area (Å²) in [7, 11) is 0. The van der Waals surface area contributed by atoms with Gasteiger partial charge in [-0.3, -0.25) is 9.98 Å². The molecule has 2 heteroatoms. The minimum Gasteiger partial charge on any atom is -0.292 e. The predicted molar refractivity (Wildman–Crippen MR) is 198 cm³/mol. The third-order valence-corrected chi connectivity index (χ3v) is 7.95. The van der Waals surface area contributed by atoms with Crippen molar-refractivity contribution in [1.82, 2.24) is 4.98 Å². The van der Waals surface area contributed by atoms with Gasteiger partial charge in [0.25, 0.3) is 0 Å². The molecule has 0 saturated heterocycles. The molecule has 228 valence electrons. The van der Waals surface area contributed by atoms with E-state index in [0.29, 0.717) is 0 Å². The molecule has 3 aromatic carbocycles. The highest BCUT2D eigenvalue weighted by Gasteiger charge is 2.13. The summed E-state index contributed by atoms with van der Waals surface area (Å²) >= 11 is 0. The number of allylic oxidation sites excluding steroid dienone is 5. The SMILES string of the molecule is C=CCCN=Cc1ccc(CCCC(/C(C=C)=C/C=C/c2ccccn2)=c2/cc/c(=C/C(=C)C(C)(C)C)c3ccccc23)cc1. The molecule has 1 aromatic heterocycles. The maximum atomic E-state index is 4.48. The Morgan fingerprint density at radius 1 is 0.889 bits per heavy atom. The van der Waals surface area contributed by atoms with Gasteiger partial charge in [0.15, 0.2) is 0 Å². The lowest BCUT2D eigenvalue weighted by Crippen LogP contribution is -2.17. The Morgan fingerprint density at radius 2 is 1.64 bits per heavy atom. The highest BCUT2D eigenvalue weighted by Crippen LogP contribution is 2.25. The number of hydrogen-bond donors (Lipinski definition) is 0. The van der Waals surface area contributed by atoms with E-state index in [0.717, 1.165) is 54.6 Å². The summed E-state index contributed by atoms with van der Waals surface area (Å²) in [6, 6.07) is 27.9. The fourth-order valence-electron chi connectivity index (χ4n) is 5.14. The van der Waals surface area contributed by atoms with E-state index in [9.17, 15) is 0 Å². The van der Waals surface area contributed by atoms with Gasteiger partial charge < -0.3 is 0 Å². The summed E-state index contributed by atoms with van der Waals surface area (Å²) in [6.45, 7) is 19.8. The van der Waals surface area contributed by atoms with Crippen molar-refractivity contribution in [3.05, 3.63) is 168 Å². The van der Waals surface area contributed by atoms with E-state index >= 15 is 0 Å². The second kappa shape index (κ2) is 16.3. The van der Waals surface area contributed by atoms with Crippen molar-refractivity contribution in [3.8, 4) is 0 Å². The zero-order valence-electron chi connectivity index (χ0n) is 27.2. The van der Waals surface area contributed by atoms with E-state index in [-0.39, 0.29) is 5.41 Å². The average molecular weight is 591 g/mol. The molecule has 0 N–H and O–H groups in total. The smallest absolute Gasteiger partial charge is 0.0629 e. The molecule has 0 fully saturated rings. The first-order valence-corrected chi connectivity index (χ1v) is 15.8. The summed E-state index contributed by atoms with van der Waals surface area (Å²) in [5, 5.41) is 4.91. The van der Waals surface area contributed by atoms with Gasteiger partial charge in [-0.1, -0.05) is 131 Å². The van der Waals surface area contributed by atoms with Crippen molar-refractivity contribution < 1.29 is 0 Å². The van der Waals surface area contributed by atoms with E-state index in [1.54, 1.807) is 0 Å². The number of fused-ring (bicyclic) bond motifs is 1. The number of aromatic nitrogens is 1. The van der Waals surface area contributed by atoms with E-state index in [1.807, 2.05) is 48.8 Å². The normalized spacial score (nSPS) is 13.5. The maximum Gasteiger partial charge on any atom is 0.0629 e. The van der Waals surface area contributed by atoms with Crippen LogP contribution in [0.4, 0.5) is 0 Å². The standard InChI is InChI=1S/C43H46N2/c1-7-9-29-44-32-35-25-23-34(24-26-35)16-14-22-39(36(8-2)17-15-19-38-18-12-13-30-45-38)42-28-27-37(31-33(3)43(4,5)6)40-20-10-11-21-41(40)42/h7-8,10-13,15,17-21,23-28,30-32H,1-3,9,14,16,22,29H2,4-6H3/b19-15+,36-17+,37-31-,42-39+,44-32?. The first-order chi connectivity index (χ1) is 21.8. The zero-order valence-corrected chi connectivity index (χ0v) is 27.2. The van der Waals surface area contributed by atoms with E-state index in [4.69, 9.17) is 0 Å². The molecule has 0 aliphatic heterocycles. The summed E-state index contributed by atoms with van der Waals surface area (Å²) < 4.78 is 0. The summed E-state index contributed by atoms with van der Waals surface area (Å²) in [6.07, 6.45) is 20.0. The molecule has 1 heterocycles. The van der Waals surface area contributed by atoms with Gasteiger partial charge in [0.2, 0.25) is 0 Å². The number of aryl methyl sites for hydroxylation is 1. The highest BCUT2D eigenvalue weighted by atomic mass is 14.7. The Hall–Kier alpha value is -4.82. The van der Waals surface area contributed by atoms with Crippen LogP contribution < -0.4 is 10.4 Å². The Bertz CT molecular complexity index is 1830. The molecule has 0 saturated carbocycles. The van der Waals surface area contributed by atoms with Crippen molar-refractivity contribution >= 4 is 34.7 Å². The van der Waals surface area contributed by atoms with E-state index in [1.165, 1.54) is 32.3 Å². The number of aliphatic imine (C=N–C) groups is 1. The molecule has 0 spiro atoms. The molecule has 4 aromatic rings. The van der Waals surface area contributed by atoms with Gasteiger partial charge in [-0.15, -0.1) is 6.58 Å². The lowest BCUT2D eigenvalue weighted by Gasteiger charge is -2.19. The predicted octanol–water partition coefficient (Wildman–Crippen LogP) is 9.61. The lowest BCUT2D eigenvalue weighted by atomic mass is 9.86. The van der Waals surface area contributed by atoms with Crippen molar-refractivity contribution in [2.24, 2.45) is 10.4 Å². The second-order valence-electron chi connectivity index (χ2n) is 12.3. The second-order valence-corrected chi connectivity index (χ2v) is 12.3. The van der Waals surface area contributed by atoms with Crippen LogP contribution in [-0.4, -0.2) is 17.7 Å². The third-order valence-electron chi connectivity index (χ3n) is 7.95. The van der Waals surface area contributed by atoms with Gasteiger partial charge >= 0.3 is 0 Å². The Balaban J connectivity index is 1.73. The van der Waals surface area contributed by atoms with Crippen LogP contribution >= 0.6 is 0 Å². The summed E-state index contributed by atoms with van der Waals surface area (Å²) in [5.74, 6) is 0. The van der Waals surface area contributed by atoms with Crippen molar-refractivity contribution in [3.63, 3.8) is 0 Å². The number of nitrogens with zero attached hydrogens (tertiary/aromatic N) is 2. The van der Waals surface area contributed by atoms with Crippen LogP contribution in [0.3, 0.4) is 0 Å². The number of hydrogen-bond acceptors (Lipinski definition) is 2. The van der Waals surface area contributed by atoms with Gasteiger partial charge in [-0.2, -0.15) is 0 Å². The minimum absolute atomic E-state index is 0.00621. The Kier molecular flexibility index (Phi) is 12.0. The van der Waals surface area contributed by atoms with Crippen molar-refractivity contribution in [2.45, 2.75) is 46.5 Å². The molecule has 0 bridgehead atoms. The van der Waals surface area contributed by atoms with Crippen molar-refractivity contribution in [2.75, 3.05) is 6.54 Å².